The molecule has 1 saturated heterocycles. The lowest BCUT2D eigenvalue weighted by Crippen LogP contribution is -2.41. The van der Waals surface area contributed by atoms with Crippen molar-refractivity contribution in [3.05, 3.63) is 35.4 Å². The summed E-state index contributed by atoms with van der Waals surface area (Å²) in [5, 5.41) is 0. The zero-order chi connectivity index (χ0) is 15.9. The lowest BCUT2D eigenvalue weighted by molar-refractivity contribution is -0.148. The van der Waals surface area contributed by atoms with E-state index in [4.69, 9.17) is 4.74 Å². The second kappa shape index (κ2) is 8.22. The molecule has 5 heteroatoms. The number of hydrogen-bond acceptors (Lipinski definition) is 4. The first-order valence-corrected chi connectivity index (χ1v) is 8.74. The van der Waals surface area contributed by atoms with Gasteiger partial charge < -0.3 is 9.64 Å². The average Bonchev–Trinajstić information content (AvgIpc) is 2.56. The first-order chi connectivity index (χ1) is 10.6. The average molecular weight is 321 g/mol. The summed E-state index contributed by atoms with van der Waals surface area (Å²) in [7, 11) is 1.42. The van der Waals surface area contributed by atoms with Crippen molar-refractivity contribution in [3.63, 3.8) is 0 Å². The number of ether oxygens (including phenoxy) is 1. The summed E-state index contributed by atoms with van der Waals surface area (Å²) < 4.78 is 4.76. The molecule has 1 heterocycles. The molecule has 2 rings (SSSR count). The summed E-state index contributed by atoms with van der Waals surface area (Å²) in [5.41, 5.74) is 2.49. The van der Waals surface area contributed by atoms with Gasteiger partial charge in [-0.15, -0.1) is 11.8 Å². The van der Waals surface area contributed by atoms with Crippen molar-refractivity contribution in [1.82, 2.24) is 4.90 Å². The molecule has 1 aliphatic heterocycles. The molecule has 4 nitrogen and oxygen atoms in total. The van der Waals surface area contributed by atoms with E-state index in [1.807, 2.05) is 4.90 Å². The molecule has 22 heavy (non-hydrogen) atoms. The summed E-state index contributed by atoms with van der Waals surface area (Å²) in [4.78, 5) is 25.5. The first-order valence-electron chi connectivity index (χ1n) is 7.59. The van der Waals surface area contributed by atoms with Crippen molar-refractivity contribution < 1.29 is 14.3 Å². The SMILES string of the molecule is COC(=O)C1CCN(C(=O)CSCc2ccc(C)cc2)CC1. The number of benzene rings is 1. The number of aryl methyl sites for hydroxylation is 1. The van der Waals surface area contributed by atoms with Crippen LogP contribution in [0.1, 0.15) is 24.0 Å². The topological polar surface area (TPSA) is 46.6 Å². The second-order valence-corrected chi connectivity index (χ2v) is 6.64. The van der Waals surface area contributed by atoms with E-state index in [1.54, 1.807) is 11.8 Å². The number of carbonyl (C=O) groups excluding carboxylic acids is 2. The number of likely N-dealkylation sites (tertiary alicyclic amines) is 1. The summed E-state index contributed by atoms with van der Waals surface area (Å²) in [6, 6.07) is 8.40. The van der Waals surface area contributed by atoms with Crippen molar-refractivity contribution in [2.24, 2.45) is 5.92 Å². The number of carbonyl (C=O) groups is 2. The van der Waals surface area contributed by atoms with Crippen LogP contribution in [0, 0.1) is 12.8 Å². The predicted octanol–water partition coefficient (Wildman–Crippen LogP) is 2.64. The third kappa shape index (κ3) is 4.77. The maximum absolute atomic E-state index is 12.2. The number of piperidine rings is 1. The third-order valence-electron chi connectivity index (χ3n) is 4.00. The smallest absolute Gasteiger partial charge is 0.308 e. The number of thioether (sulfide) groups is 1. The van der Waals surface area contributed by atoms with Crippen LogP contribution in [0.3, 0.4) is 0 Å². The van der Waals surface area contributed by atoms with Crippen LogP contribution in [0.5, 0.6) is 0 Å². The van der Waals surface area contributed by atoms with E-state index in [1.165, 1.54) is 18.2 Å². The number of rotatable bonds is 5. The monoisotopic (exact) mass is 321 g/mol. The molecule has 0 spiro atoms. The largest absolute Gasteiger partial charge is 0.469 e. The molecular formula is C17H23NO3S. The second-order valence-electron chi connectivity index (χ2n) is 5.66. The van der Waals surface area contributed by atoms with E-state index in [9.17, 15) is 9.59 Å². The Hall–Kier alpha value is -1.49. The minimum atomic E-state index is -0.152. The molecule has 1 aromatic carbocycles. The van der Waals surface area contributed by atoms with E-state index in [2.05, 4.69) is 31.2 Å². The molecule has 1 aromatic rings. The first kappa shape index (κ1) is 16.9. The zero-order valence-corrected chi connectivity index (χ0v) is 14.0. The molecule has 0 unspecified atom stereocenters. The predicted molar refractivity (Wildman–Crippen MR) is 88.7 cm³/mol. The summed E-state index contributed by atoms with van der Waals surface area (Å²) >= 11 is 1.64. The zero-order valence-electron chi connectivity index (χ0n) is 13.2. The van der Waals surface area contributed by atoms with Crippen LogP contribution < -0.4 is 0 Å². The van der Waals surface area contributed by atoms with Crippen LogP contribution in [-0.4, -0.2) is 42.7 Å². The Kier molecular flexibility index (Phi) is 6.31. The fourth-order valence-corrected chi connectivity index (χ4v) is 3.45. The molecule has 1 aliphatic rings. The van der Waals surface area contributed by atoms with Gasteiger partial charge in [-0.05, 0) is 25.3 Å². The molecule has 0 radical (unpaired) electrons. The van der Waals surface area contributed by atoms with Gasteiger partial charge in [0.05, 0.1) is 18.8 Å². The highest BCUT2D eigenvalue weighted by Crippen LogP contribution is 2.20. The van der Waals surface area contributed by atoms with E-state index < -0.39 is 0 Å². The standard InChI is InChI=1S/C17H23NO3S/c1-13-3-5-14(6-4-13)11-22-12-16(19)18-9-7-15(8-10-18)17(20)21-2/h3-6,15H,7-12H2,1-2H3. The molecule has 1 fully saturated rings. The fraction of sp³-hybridized carbons (Fsp3) is 0.529. The number of nitrogens with zero attached hydrogens (tertiary/aromatic N) is 1. The molecule has 0 bridgehead atoms. The normalized spacial score (nSPS) is 15.6. The van der Waals surface area contributed by atoms with Crippen LogP contribution in [0.2, 0.25) is 0 Å². The number of methoxy groups -OCH3 is 1. The van der Waals surface area contributed by atoms with E-state index in [0.717, 1.165) is 5.75 Å². The van der Waals surface area contributed by atoms with Gasteiger partial charge in [0.1, 0.15) is 0 Å². The Morgan fingerprint density at radius 2 is 1.86 bits per heavy atom. The van der Waals surface area contributed by atoms with Crippen molar-refractivity contribution in [2.45, 2.75) is 25.5 Å². The van der Waals surface area contributed by atoms with Gasteiger partial charge in [0.15, 0.2) is 0 Å². The Morgan fingerprint density at radius 1 is 1.23 bits per heavy atom. The fourth-order valence-electron chi connectivity index (χ4n) is 2.56. The van der Waals surface area contributed by atoms with Crippen LogP contribution in [0.15, 0.2) is 24.3 Å². The quantitative estimate of drug-likeness (QED) is 0.782. The molecule has 1 amide bonds. The van der Waals surface area contributed by atoms with Gasteiger partial charge >= 0.3 is 5.97 Å². The van der Waals surface area contributed by atoms with Crippen molar-refractivity contribution >= 4 is 23.6 Å². The third-order valence-corrected chi connectivity index (χ3v) is 4.99. The lowest BCUT2D eigenvalue weighted by atomic mass is 9.97. The highest BCUT2D eigenvalue weighted by molar-refractivity contribution is 7.99. The van der Waals surface area contributed by atoms with E-state index in [0.29, 0.717) is 31.7 Å². The van der Waals surface area contributed by atoms with Crippen molar-refractivity contribution in [1.29, 1.82) is 0 Å². The highest BCUT2D eigenvalue weighted by atomic mass is 32.2. The molecule has 120 valence electrons. The molecule has 0 aliphatic carbocycles. The molecule has 0 N–H and O–H groups in total. The molecular weight excluding hydrogens is 298 g/mol. The molecule has 0 aromatic heterocycles. The van der Waals surface area contributed by atoms with Crippen molar-refractivity contribution in [3.8, 4) is 0 Å². The maximum Gasteiger partial charge on any atom is 0.308 e. The number of amides is 1. The Balaban J connectivity index is 1.70. The number of esters is 1. The van der Waals surface area contributed by atoms with Crippen LogP contribution in [0.25, 0.3) is 0 Å². The summed E-state index contributed by atoms with van der Waals surface area (Å²) in [6.07, 6.45) is 1.42. The molecule has 0 saturated carbocycles. The Bertz CT molecular complexity index is 507. The van der Waals surface area contributed by atoms with Crippen molar-refractivity contribution in [2.75, 3.05) is 26.0 Å². The van der Waals surface area contributed by atoms with Gasteiger partial charge in [-0.2, -0.15) is 0 Å². The van der Waals surface area contributed by atoms with E-state index in [-0.39, 0.29) is 17.8 Å². The molecule has 0 atom stereocenters. The lowest BCUT2D eigenvalue weighted by Gasteiger charge is -2.30. The van der Waals surface area contributed by atoms with Crippen LogP contribution in [0.4, 0.5) is 0 Å². The van der Waals surface area contributed by atoms with Gasteiger partial charge in [0.25, 0.3) is 0 Å². The Labute approximate surface area is 136 Å². The Morgan fingerprint density at radius 3 is 2.45 bits per heavy atom. The van der Waals surface area contributed by atoms with Crippen LogP contribution >= 0.6 is 11.8 Å². The van der Waals surface area contributed by atoms with E-state index >= 15 is 0 Å². The van der Waals surface area contributed by atoms with Crippen LogP contribution in [-0.2, 0) is 20.1 Å². The number of hydrogen-bond donors (Lipinski definition) is 0. The summed E-state index contributed by atoms with van der Waals surface area (Å²) in [5.74, 6) is 1.32. The minimum absolute atomic E-state index is 0.0470. The minimum Gasteiger partial charge on any atom is -0.469 e. The van der Waals surface area contributed by atoms with Gasteiger partial charge in [-0.1, -0.05) is 29.8 Å². The van der Waals surface area contributed by atoms with Gasteiger partial charge in [0.2, 0.25) is 5.91 Å². The maximum atomic E-state index is 12.2. The van der Waals surface area contributed by atoms with Gasteiger partial charge in [-0.25, -0.2) is 0 Å². The highest BCUT2D eigenvalue weighted by Gasteiger charge is 2.27. The van der Waals surface area contributed by atoms with Gasteiger partial charge in [-0.3, -0.25) is 9.59 Å². The van der Waals surface area contributed by atoms with Gasteiger partial charge in [0, 0.05) is 18.8 Å². The summed E-state index contributed by atoms with van der Waals surface area (Å²) in [6.45, 7) is 3.38.